The fourth-order valence-electron chi connectivity index (χ4n) is 2.46. The lowest BCUT2D eigenvalue weighted by atomic mass is 9.81. The van der Waals surface area contributed by atoms with Crippen molar-refractivity contribution in [2.24, 2.45) is 5.73 Å². The third-order valence-corrected chi connectivity index (χ3v) is 3.38. The molecule has 0 aliphatic heterocycles. The number of hydrogen-bond acceptors (Lipinski definition) is 4. The molecule has 1 aliphatic rings. The van der Waals surface area contributed by atoms with Gasteiger partial charge in [0.1, 0.15) is 5.75 Å². The monoisotopic (exact) mass is 277 g/mol. The lowest BCUT2D eigenvalue weighted by Gasteiger charge is -2.19. The Morgan fingerprint density at radius 1 is 0.952 bits per heavy atom. The standard InChI is InChI=1S/C17H11NO3/c18-9-3-4-10-7-8-13(19)15-14(10)16(20)11-5-1-2-6-12(11)17(15)21/h1-2,5-8,19H,9,18H2. The van der Waals surface area contributed by atoms with Crippen molar-refractivity contribution in [2.75, 3.05) is 6.54 Å². The molecular weight excluding hydrogens is 266 g/mol. The third-order valence-electron chi connectivity index (χ3n) is 3.38. The van der Waals surface area contributed by atoms with Gasteiger partial charge in [-0.05, 0) is 12.1 Å². The highest BCUT2D eigenvalue weighted by Crippen LogP contribution is 2.34. The Kier molecular flexibility index (Phi) is 3.05. The molecular formula is C17H11NO3. The summed E-state index contributed by atoms with van der Waals surface area (Å²) < 4.78 is 0. The fraction of sp³-hybridized carbons (Fsp3) is 0.0588. The first-order valence-corrected chi connectivity index (χ1v) is 6.38. The van der Waals surface area contributed by atoms with E-state index >= 15 is 0 Å². The number of fused-ring (bicyclic) bond motifs is 2. The molecule has 0 amide bonds. The van der Waals surface area contributed by atoms with Crippen LogP contribution in [0.4, 0.5) is 0 Å². The topological polar surface area (TPSA) is 80.4 Å². The number of benzene rings is 2. The van der Waals surface area contributed by atoms with Crippen LogP contribution in [0.2, 0.25) is 0 Å². The fourth-order valence-corrected chi connectivity index (χ4v) is 2.46. The number of hydrogen-bond donors (Lipinski definition) is 2. The molecule has 102 valence electrons. The molecule has 0 atom stereocenters. The molecule has 0 heterocycles. The Balaban J connectivity index is 2.34. The van der Waals surface area contributed by atoms with E-state index < -0.39 is 0 Å². The summed E-state index contributed by atoms with van der Waals surface area (Å²) in [7, 11) is 0. The number of phenolic OH excluding ortho intramolecular Hbond substituents is 1. The summed E-state index contributed by atoms with van der Waals surface area (Å²) in [5.41, 5.74) is 6.55. The van der Waals surface area contributed by atoms with Crippen LogP contribution >= 0.6 is 0 Å². The van der Waals surface area contributed by atoms with Gasteiger partial charge in [0.05, 0.1) is 17.7 Å². The van der Waals surface area contributed by atoms with E-state index in [0.717, 1.165) is 0 Å². The Morgan fingerprint density at radius 2 is 1.57 bits per heavy atom. The third kappa shape index (κ3) is 1.92. The van der Waals surface area contributed by atoms with Crippen LogP contribution in [0.15, 0.2) is 36.4 Å². The first kappa shape index (κ1) is 13.1. The van der Waals surface area contributed by atoms with Crippen LogP contribution < -0.4 is 5.73 Å². The summed E-state index contributed by atoms with van der Waals surface area (Å²) in [4.78, 5) is 25.1. The first-order valence-electron chi connectivity index (χ1n) is 6.38. The first-order chi connectivity index (χ1) is 10.1. The van der Waals surface area contributed by atoms with Crippen molar-refractivity contribution in [1.82, 2.24) is 0 Å². The summed E-state index contributed by atoms with van der Waals surface area (Å²) in [5.74, 6) is 4.56. The summed E-state index contributed by atoms with van der Waals surface area (Å²) in [6.07, 6.45) is 0. The van der Waals surface area contributed by atoms with Crippen molar-refractivity contribution in [3.63, 3.8) is 0 Å². The molecule has 3 N–H and O–H groups in total. The predicted molar refractivity (Wildman–Crippen MR) is 77.3 cm³/mol. The van der Waals surface area contributed by atoms with Gasteiger partial charge in [-0.25, -0.2) is 0 Å². The lowest BCUT2D eigenvalue weighted by molar-refractivity contribution is 0.0976. The molecule has 0 unspecified atom stereocenters. The van der Waals surface area contributed by atoms with Crippen LogP contribution in [0.1, 0.15) is 37.4 Å². The van der Waals surface area contributed by atoms with Gasteiger partial charge in [0.15, 0.2) is 11.6 Å². The van der Waals surface area contributed by atoms with Gasteiger partial charge in [-0.3, -0.25) is 9.59 Å². The Labute approximate surface area is 121 Å². The average Bonchev–Trinajstić information content (AvgIpc) is 2.51. The maximum atomic E-state index is 12.6. The zero-order valence-electron chi connectivity index (χ0n) is 11.0. The molecule has 4 heteroatoms. The minimum absolute atomic E-state index is 0.0162. The number of phenols is 1. The molecule has 0 spiro atoms. The van der Waals surface area contributed by atoms with Gasteiger partial charge in [0.2, 0.25) is 0 Å². The van der Waals surface area contributed by atoms with E-state index in [9.17, 15) is 14.7 Å². The maximum Gasteiger partial charge on any atom is 0.198 e. The smallest absolute Gasteiger partial charge is 0.198 e. The highest BCUT2D eigenvalue weighted by atomic mass is 16.3. The number of rotatable bonds is 0. The Bertz CT molecular complexity index is 841. The van der Waals surface area contributed by atoms with E-state index in [-0.39, 0.29) is 35.0 Å². The number of carbonyl (C=O) groups is 2. The molecule has 0 radical (unpaired) electrons. The molecule has 4 nitrogen and oxygen atoms in total. The van der Waals surface area contributed by atoms with Crippen molar-refractivity contribution < 1.29 is 14.7 Å². The van der Waals surface area contributed by atoms with Crippen LogP contribution in [-0.4, -0.2) is 23.2 Å². The lowest BCUT2D eigenvalue weighted by Crippen LogP contribution is -2.22. The van der Waals surface area contributed by atoms with Gasteiger partial charge < -0.3 is 10.8 Å². The second-order valence-electron chi connectivity index (χ2n) is 4.59. The van der Waals surface area contributed by atoms with Crippen molar-refractivity contribution in [3.8, 4) is 17.6 Å². The normalized spacial score (nSPS) is 12.2. The quantitative estimate of drug-likeness (QED) is 0.610. The Morgan fingerprint density at radius 3 is 2.19 bits per heavy atom. The van der Waals surface area contributed by atoms with Crippen molar-refractivity contribution in [1.29, 1.82) is 0 Å². The number of aromatic hydroxyl groups is 1. The molecule has 3 rings (SSSR count). The molecule has 0 bridgehead atoms. The molecule has 1 aliphatic carbocycles. The maximum absolute atomic E-state index is 12.6. The predicted octanol–water partition coefficient (Wildman–Crippen LogP) is 1.48. The number of nitrogens with two attached hydrogens (primary N) is 1. The van der Waals surface area contributed by atoms with E-state index in [0.29, 0.717) is 16.7 Å². The average molecular weight is 277 g/mol. The SMILES string of the molecule is NCC#Cc1ccc(O)c2c1C(=O)c1ccccc1C2=O. The Hall–Kier alpha value is -2.90. The van der Waals surface area contributed by atoms with Gasteiger partial charge in [-0.2, -0.15) is 0 Å². The highest BCUT2D eigenvalue weighted by molar-refractivity contribution is 6.30. The largest absolute Gasteiger partial charge is 0.507 e. The van der Waals surface area contributed by atoms with E-state index in [1.54, 1.807) is 24.3 Å². The number of carbonyl (C=O) groups excluding carboxylic acids is 2. The van der Waals surface area contributed by atoms with Crippen LogP contribution in [0.25, 0.3) is 0 Å². The summed E-state index contributed by atoms with van der Waals surface area (Å²) in [6, 6.07) is 9.46. The van der Waals surface area contributed by atoms with E-state index in [4.69, 9.17) is 5.73 Å². The van der Waals surface area contributed by atoms with Crippen LogP contribution in [-0.2, 0) is 0 Å². The van der Waals surface area contributed by atoms with Gasteiger partial charge >= 0.3 is 0 Å². The van der Waals surface area contributed by atoms with Crippen LogP contribution in [0.5, 0.6) is 5.75 Å². The second kappa shape index (κ2) is 4.89. The molecule has 0 fully saturated rings. The second-order valence-corrected chi connectivity index (χ2v) is 4.59. The van der Waals surface area contributed by atoms with E-state index in [1.165, 1.54) is 12.1 Å². The zero-order valence-corrected chi connectivity index (χ0v) is 11.0. The molecule has 21 heavy (non-hydrogen) atoms. The molecule has 0 saturated carbocycles. The highest BCUT2D eigenvalue weighted by Gasteiger charge is 2.33. The van der Waals surface area contributed by atoms with E-state index in [2.05, 4.69) is 11.8 Å². The van der Waals surface area contributed by atoms with Crippen LogP contribution in [0.3, 0.4) is 0 Å². The summed E-state index contributed by atoms with van der Waals surface area (Å²) >= 11 is 0. The van der Waals surface area contributed by atoms with E-state index in [1.807, 2.05) is 0 Å². The van der Waals surface area contributed by atoms with Gasteiger partial charge in [-0.1, -0.05) is 36.1 Å². The van der Waals surface area contributed by atoms with Gasteiger partial charge in [-0.15, -0.1) is 0 Å². The van der Waals surface area contributed by atoms with Gasteiger partial charge in [0.25, 0.3) is 0 Å². The van der Waals surface area contributed by atoms with Crippen LogP contribution in [0, 0.1) is 11.8 Å². The number of ketones is 2. The van der Waals surface area contributed by atoms with Crippen molar-refractivity contribution in [2.45, 2.75) is 0 Å². The molecule has 0 aromatic heterocycles. The molecule has 0 saturated heterocycles. The summed E-state index contributed by atoms with van der Waals surface area (Å²) in [5, 5.41) is 9.97. The molecule has 2 aromatic rings. The minimum Gasteiger partial charge on any atom is -0.507 e. The van der Waals surface area contributed by atoms with Crippen molar-refractivity contribution in [3.05, 3.63) is 64.2 Å². The summed E-state index contributed by atoms with van der Waals surface area (Å²) in [6.45, 7) is 0.147. The minimum atomic E-state index is -0.367. The molecule has 2 aromatic carbocycles. The zero-order chi connectivity index (χ0) is 15.0. The van der Waals surface area contributed by atoms with Gasteiger partial charge in [0, 0.05) is 16.7 Å². The van der Waals surface area contributed by atoms with Crippen molar-refractivity contribution >= 4 is 11.6 Å².